The molecule has 1 aromatic heterocycles. The number of anilines is 4. The van der Waals surface area contributed by atoms with E-state index in [0.29, 0.717) is 40.4 Å². The molecule has 0 amide bonds. The molecule has 178 valence electrons. The zero-order valence-electron chi connectivity index (χ0n) is 19.0. The van der Waals surface area contributed by atoms with E-state index in [4.69, 9.17) is 9.47 Å². The lowest BCUT2D eigenvalue weighted by Gasteiger charge is -2.14. The van der Waals surface area contributed by atoms with Crippen molar-refractivity contribution in [2.24, 2.45) is 0 Å². The summed E-state index contributed by atoms with van der Waals surface area (Å²) in [4.78, 5) is 11.5. The predicted octanol–water partition coefficient (Wildman–Crippen LogP) is 3.87. The van der Waals surface area contributed by atoms with Gasteiger partial charge >= 0.3 is 0 Å². The first-order valence-electron chi connectivity index (χ1n) is 11.3. The molecule has 34 heavy (non-hydrogen) atoms. The Kier molecular flexibility index (Phi) is 6.25. The maximum absolute atomic E-state index is 12.7. The summed E-state index contributed by atoms with van der Waals surface area (Å²) < 4.78 is 36.2. The fraction of sp³-hybridized carbons (Fsp3) is 0.333. The van der Waals surface area contributed by atoms with E-state index in [1.165, 1.54) is 0 Å². The highest BCUT2D eigenvalue weighted by molar-refractivity contribution is 7.91. The number of hydrogen-bond acceptors (Lipinski definition) is 9. The number of fused-ring (bicyclic) bond motifs is 1. The van der Waals surface area contributed by atoms with Crippen LogP contribution >= 0.6 is 0 Å². The van der Waals surface area contributed by atoms with Crippen molar-refractivity contribution < 1.29 is 17.9 Å². The van der Waals surface area contributed by atoms with Gasteiger partial charge < -0.3 is 25.0 Å². The predicted molar refractivity (Wildman–Crippen MR) is 130 cm³/mol. The molecule has 10 heteroatoms. The second-order valence-electron chi connectivity index (χ2n) is 8.44. The van der Waals surface area contributed by atoms with Crippen molar-refractivity contribution in [1.29, 1.82) is 0 Å². The van der Waals surface area contributed by atoms with Gasteiger partial charge in [-0.3, -0.25) is 0 Å². The summed E-state index contributed by atoms with van der Waals surface area (Å²) in [6.45, 7) is 4.69. The van der Waals surface area contributed by atoms with Gasteiger partial charge in [0.1, 0.15) is 5.82 Å². The third-order valence-corrected chi connectivity index (χ3v) is 7.66. The van der Waals surface area contributed by atoms with Crippen molar-refractivity contribution in [2.45, 2.75) is 24.7 Å². The molecule has 0 spiro atoms. The molecular formula is C24H27N5O4S. The smallest absolute Gasteiger partial charge is 0.231 e. The average Bonchev–Trinajstić information content (AvgIpc) is 3.52. The molecule has 3 heterocycles. The Bertz CT molecular complexity index is 1280. The van der Waals surface area contributed by atoms with Crippen molar-refractivity contribution in [2.75, 3.05) is 42.8 Å². The molecule has 0 bridgehead atoms. The van der Waals surface area contributed by atoms with Crippen molar-refractivity contribution >= 4 is 33.0 Å². The van der Waals surface area contributed by atoms with Gasteiger partial charge in [-0.1, -0.05) is 0 Å². The third kappa shape index (κ3) is 5.07. The van der Waals surface area contributed by atoms with Crippen LogP contribution in [0.15, 0.2) is 53.6 Å². The van der Waals surface area contributed by atoms with Gasteiger partial charge in [0, 0.05) is 35.7 Å². The molecule has 0 aliphatic carbocycles. The summed E-state index contributed by atoms with van der Waals surface area (Å²) in [6.07, 6.45) is 4.02. The van der Waals surface area contributed by atoms with Gasteiger partial charge in [-0.2, -0.15) is 4.98 Å². The molecule has 0 saturated carbocycles. The Morgan fingerprint density at radius 2 is 1.71 bits per heavy atom. The van der Waals surface area contributed by atoms with Gasteiger partial charge in [-0.15, -0.1) is 0 Å². The second-order valence-corrected chi connectivity index (χ2v) is 10.5. The SMILES string of the molecule is Cc1cnc(Nc2ccc(S(=O)(=O)CCN3CCCC3)cc2)nc1Nc1ccc2c(c1)OCO2. The molecule has 2 N–H and O–H groups in total. The van der Waals surface area contributed by atoms with Gasteiger partial charge in [0.25, 0.3) is 0 Å². The molecule has 2 aliphatic rings. The number of hydrogen-bond donors (Lipinski definition) is 2. The summed E-state index contributed by atoms with van der Waals surface area (Å²) in [7, 11) is -3.32. The van der Waals surface area contributed by atoms with Gasteiger partial charge in [-0.25, -0.2) is 13.4 Å². The van der Waals surface area contributed by atoms with E-state index >= 15 is 0 Å². The standard InChI is InChI=1S/C24H27N5O4S/c1-17-15-25-24(28-23(17)26-19-6-9-21-22(14-19)33-16-32-21)27-18-4-7-20(8-5-18)34(30,31)13-12-29-10-2-3-11-29/h4-9,14-15H,2-3,10-13,16H2,1H3,(H2,25,26,27,28). The number of sulfone groups is 1. The zero-order valence-corrected chi connectivity index (χ0v) is 19.8. The van der Waals surface area contributed by atoms with Crippen LogP contribution in [-0.4, -0.2) is 55.5 Å². The summed E-state index contributed by atoms with van der Waals surface area (Å²) in [5, 5.41) is 6.43. The zero-order chi connectivity index (χ0) is 23.5. The molecule has 9 nitrogen and oxygen atoms in total. The van der Waals surface area contributed by atoms with Crippen LogP contribution in [-0.2, 0) is 9.84 Å². The van der Waals surface area contributed by atoms with Crippen LogP contribution in [0.25, 0.3) is 0 Å². The Balaban J connectivity index is 1.25. The fourth-order valence-corrected chi connectivity index (χ4v) is 5.27. The lowest BCUT2D eigenvalue weighted by molar-refractivity contribution is 0.174. The molecule has 2 aliphatic heterocycles. The molecule has 0 atom stereocenters. The molecule has 2 aromatic carbocycles. The number of rotatable bonds is 8. The first-order chi connectivity index (χ1) is 16.5. The first kappa shape index (κ1) is 22.4. The van der Waals surface area contributed by atoms with Crippen LogP contribution in [0.5, 0.6) is 11.5 Å². The number of likely N-dealkylation sites (tertiary alicyclic amines) is 1. The molecule has 0 radical (unpaired) electrons. The van der Waals surface area contributed by atoms with E-state index in [0.717, 1.165) is 37.2 Å². The van der Waals surface area contributed by atoms with E-state index in [9.17, 15) is 8.42 Å². The van der Waals surface area contributed by atoms with Crippen LogP contribution in [0.3, 0.4) is 0 Å². The third-order valence-electron chi connectivity index (χ3n) is 5.95. The average molecular weight is 482 g/mol. The van der Waals surface area contributed by atoms with Crippen molar-refractivity contribution in [3.05, 3.63) is 54.2 Å². The Hall–Kier alpha value is -3.37. The van der Waals surface area contributed by atoms with Gasteiger partial charge in [0.2, 0.25) is 12.7 Å². The maximum Gasteiger partial charge on any atom is 0.231 e. The molecule has 1 saturated heterocycles. The maximum atomic E-state index is 12.7. The van der Waals surface area contributed by atoms with Gasteiger partial charge in [0.05, 0.1) is 10.6 Å². The van der Waals surface area contributed by atoms with Gasteiger partial charge in [0.15, 0.2) is 21.3 Å². The minimum absolute atomic E-state index is 0.135. The highest BCUT2D eigenvalue weighted by Gasteiger charge is 2.19. The molecule has 0 unspecified atom stereocenters. The van der Waals surface area contributed by atoms with Crippen LogP contribution < -0.4 is 20.1 Å². The minimum Gasteiger partial charge on any atom is -0.454 e. The van der Waals surface area contributed by atoms with Crippen molar-refractivity contribution in [1.82, 2.24) is 14.9 Å². The van der Waals surface area contributed by atoms with E-state index in [-0.39, 0.29) is 12.5 Å². The van der Waals surface area contributed by atoms with Crippen LogP contribution in [0.4, 0.5) is 23.1 Å². The van der Waals surface area contributed by atoms with Crippen LogP contribution in [0, 0.1) is 6.92 Å². The minimum atomic E-state index is -3.32. The summed E-state index contributed by atoms with van der Waals surface area (Å²) >= 11 is 0. The summed E-state index contributed by atoms with van der Waals surface area (Å²) in [5.74, 6) is 2.59. The number of benzene rings is 2. The number of ether oxygens (including phenoxy) is 2. The molecular weight excluding hydrogens is 454 g/mol. The number of aromatic nitrogens is 2. The van der Waals surface area contributed by atoms with Crippen molar-refractivity contribution in [3.8, 4) is 11.5 Å². The van der Waals surface area contributed by atoms with Crippen molar-refractivity contribution in [3.63, 3.8) is 0 Å². The normalized spacial score (nSPS) is 15.4. The highest BCUT2D eigenvalue weighted by Crippen LogP contribution is 2.35. The summed E-state index contributed by atoms with van der Waals surface area (Å²) in [6, 6.07) is 12.3. The number of nitrogens with zero attached hydrogens (tertiary/aromatic N) is 3. The molecule has 3 aromatic rings. The lowest BCUT2D eigenvalue weighted by Crippen LogP contribution is -2.26. The lowest BCUT2D eigenvalue weighted by atomic mass is 10.2. The second kappa shape index (κ2) is 9.47. The monoisotopic (exact) mass is 481 g/mol. The van der Waals surface area contributed by atoms with E-state index in [1.54, 1.807) is 30.5 Å². The molecule has 5 rings (SSSR count). The van der Waals surface area contributed by atoms with Crippen LogP contribution in [0.1, 0.15) is 18.4 Å². The quantitative estimate of drug-likeness (QED) is 0.496. The summed E-state index contributed by atoms with van der Waals surface area (Å²) in [5.41, 5.74) is 2.40. The van der Waals surface area contributed by atoms with Gasteiger partial charge in [-0.05, 0) is 69.3 Å². The Labute approximate surface area is 199 Å². The van der Waals surface area contributed by atoms with E-state index in [1.807, 2.05) is 25.1 Å². The molecule has 1 fully saturated rings. The fourth-order valence-electron chi connectivity index (χ4n) is 3.99. The Morgan fingerprint density at radius 3 is 2.50 bits per heavy atom. The Morgan fingerprint density at radius 1 is 0.971 bits per heavy atom. The van der Waals surface area contributed by atoms with E-state index < -0.39 is 9.84 Å². The highest BCUT2D eigenvalue weighted by atomic mass is 32.2. The van der Waals surface area contributed by atoms with Crippen LogP contribution in [0.2, 0.25) is 0 Å². The van der Waals surface area contributed by atoms with E-state index in [2.05, 4.69) is 25.5 Å². The number of aryl methyl sites for hydroxylation is 1. The largest absolute Gasteiger partial charge is 0.454 e. The number of nitrogens with one attached hydrogen (secondary N) is 2. The first-order valence-corrected chi connectivity index (χ1v) is 12.9. The topological polar surface area (TPSA) is 106 Å².